The van der Waals surface area contributed by atoms with Gasteiger partial charge in [-0.3, -0.25) is 9.59 Å². The fraction of sp³-hybridized carbons (Fsp3) is 0.160. The predicted octanol–water partition coefficient (Wildman–Crippen LogP) is 3.53. The number of benzene rings is 3. The quantitative estimate of drug-likeness (QED) is 0.651. The molecule has 0 radical (unpaired) electrons. The summed E-state index contributed by atoms with van der Waals surface area (Å²) in [5.74, 6) is -0.830. The SMILES string of the molecule is C[C@@H](C(=O)N(C)c1ccccc1)N1C(=O)NC(c2ccccc2)(c2ccccc2)C1=O. The summed E-state index contributed by atoms with van der Waals surface area (Å²) in [5.41, 5.74) is 0.569. The summed E-state index contributed by atoms with van der Waals surface area (Å²) in [4.78, 5) is 42.5. The number of imide groups is 1. The second-order valence-corrected chi connectivity index (χ2v) is 7.50. The van der Waals surface area contributed by atoms with Crippen LogP contribution in [0.4, 0.5) is 10.5 Å². The summed E-state index contributed by atoms with van der Waals surface area (Å²) in [7, 11) is 1.63. The minimum atomic E-state index is -1.39. The van der Waals surface area contributed by atoms with Gasteiger partial charge in [-0.15, -0.1) is 0 Å². The Morgan fingerprint density at radius 1 is 0.839 bits per heavy atom. The molecule has 1 aliphatic rings. The van der Waals surface area contributed by atoms with Gasteiger partial charge in [-0.2, -0.15) is 0 Å². The predicted molar refractivity (Wildman–Crippen MR) is 118 cm³/mol. The number of nitrogens with zero attached hydrogens (tertiary/aromatic N) is 2. The summed E-state index contributed by atoms with van der Waals surface area (Å²) in [6.45, 7) is 1.57. The van der Waals surface area contributed by atoms with E-state index in [2.05, 4.69) is 5.32 Å². The molecule has 156 valence electrons. The fourth-order valence-electron chi connectivity index (χ4n) is 4.00. The molecular weight excluding hydrogens is 390 g/mol. The van der Waals surface area contributed by atoms with E-state index in [1.54, 1.807) is 50.4 Å². The van der Waals surface area contributed by atoms with E-state index in [0.29, 0.717) is 16.8 Å². The molecule has 4 rings (SSSR count). The van der Waals surface area contributed by atoms with E-state index in [9.17, 15) is 14.4 Å². The van der Waals surface area contributed by atoms with Crippen molar-refractivity contribution in [2.45, 2.75) is 18.5 Å². The molecule has 0 spiro atoms. The number of rotatable bonds is 5. The molecule has 31 heavy (non-hydrogen) atoms. The number of urea groups is 1. The van der Waals surface area contributed by atoms with E-state index in [0.717, 1.165) is 4.90 Å². The third-order valence-corrected chi connectivity index (χ3v) is 5.69. The smallest absolute Gasteiger partial charge is 0.315 e. The number of anilines is 1. The molecule has 0 unspecified atom stereocenters. The van der Waals surface area contributed by atoms with Gasteiger partial charge in [0.05, 0.1) is 0 Å². The Morgan fingerprint density at radius 3 is 1.77 bits per heavy atom. The van der Waals surface area contributed by atoms with Crippen LogP contribution in [0, 0.1) is 0 Å². The first kappa shape index (κ1) is 20.3. The number of amides is 4. The molecule has 1 fully saturated rings. The number of carbonyl (C=O) groups excluding carboxylic acids is 3. The van der Waals surface area contributed by atoms with Gasteiger partial charge in [-0.05, 0) is 30.2 Å². The first-order valence-corrected chi connectivity index (χ1v) is 10.1. The van der Waals surface area contributed by atoms with Crippen molar-refractivity contribution in [2.75, 3.05) is 11.9 Å². The Labute approximate surface area is 181 Å². The number of nitrogens with one attached hydrogen (secondary N) is 1. The van der Waals surface area contributed by atoms with E-state index in [-0.39, 0.29) is 5.91 Å². The van der Waals surface area contributed by atoms with Crippen molar-refractivity contribution in [2.24, 2.45) is 0 Å². The maximum Gasteiger partial charge on any atom is 0.326 e. The molecule has 1 heterocycles. The van der Waals surface area contributed by atoms with Crippen LogP contribution in [0.25, 0.3) is 0 Å². The Hall–Kier alpha value is -3.93. The Kier molecular flexibility index (Phi) is 5.29. The van der Waals surface area contributed by atoms with Crippen LogP contribution >= 0.6 is 0 Å². The van der Waals surface area contributed by atoms with Gasteiger partial charge < -0.3 is 10.2 Å². The lowest BCUT2D eigenvalue weighted by atomic mass is 9.82. The Bertz CT molecular complexity index is 1060. The van der Waals surface area contributed by atoms with Crippen molar-refractivity contribution in [3.8, 4) is 0 Å². The molecule has 3 aromatic carbocycles. The molecule has 1 N–H and O–H groups in total. The minimum absolute atomic E-state index is 0.355. The second-order valence-electron chi connectivity index (χ2n) is 7.50. The third kappa shape index (κ3) is 3.36. The van der Waals surface area contributed by atoms with E-state index in [1.807, 2.05) is 54.6 Å². The molecule has 0 bridgehead atoms. The number of carbonyl (C=O) groups is 3. The van der Waals surface area contributed by atoms with Gasteiger partial charge in [0.25, 0.3) is 5.91 Å². The normalized spacial score (nSPS) is 16.0. The molecule has 1 saturated heterocycles. The van der Waals surface area contributed by atoms with Gasteiger partial charge in [0.1, 0.15) is 6.04 Å². The van der Waals surface area contributed by atoms with E-state index >= 15 is 0 Å². The average Bonchev–Trinajstić information content (AvgIpc) is 3.10. The third-order valence-electron chi connectivity index (χ3n) is 5.69. The molecule has 6 nitrogen and oxygen atoms in total. The van der Waals surface area contributed by atoms with Gasteiger partial charge in [-0.25, -0.2) is 9.69 Å². The zero-order valence-electron chi connectivity index (χ0n) is 17.4. The Morgan fingerprint density at radius 2 is 1.29 bits per heavy atom. The summed E-state index contributed by atoms with van der Waals surface area (Å²) >= 11 is 0. The molecule has 1 aliphatic heterocycles. The highest BCUT2D eigenvalue weighted by molar-refractivity contribution is 6.13. The fourth-order valence-corrected chi connectivity index (χ4v) is 4.00. The molecule has 4 amide bonds. The van der Waals surface area contributed by atoms with Crippen molar-refractivity contribution < 1.29 is 14.4 Å². The van der Waals surface area contributed by atoms with Crippen LogP contribution in [-0.4, -0.2) is 35.8 Å². The highest BCUT2D eigenvalue weighted by atomic mass is 16.2. The van der Waals surface area contributed by atoms with Gasteiger partial charge in [0, 0.05) is 12.7 Å². The van der Waals surface area contributed by atoms with Gasteiger partial charge in [-0.1, -0.05) is 78.9 Å². The molecule has 0 aliphatic carbocycles. The van der Waals surface area contributed by atoms with Crippen LogP contribution in [-0.2, 0) is 15.1 Å². The van der Waals surface area contributed by atoms with Crippen LogP contribution in [0.5, 0.6) is 0 Å². The Balaban J connectivity index is 1.73. The van der Waals surface area contributed by atoms with E-state index in [1.165, 1.54) is 4.90 Å². The second kappa shape index (κ2) is 8.07. The van der Waals surface area contributed by atoms with Crippen LogP contribution in [0.2, 0.25) is 0 Å². The van der Waals surface area contributed by atoms with E-state index < -0.39 is 23.5 Å². The van der Waals surface area contributed by atoms with Gasteiger partial charge in [0.15, 0.2) is 5.54 Å². The molecule has 0 aromatic heterocycles. The molecule has 0 saturated carbocycles. The maximum atomic E-state index is 13.8. The summed E-state index contributed by atoms with van der Waals surface area (Å²) in [6, 6.07) is 25.7. The summed E-state index contributed by atoms with van der Waals surface area (Å²) < 4.78 is 0. The number of likely N-dealkylation sites (N-methyl/N-ethyl adjacent to an activating group) is 1. The zero-order valence-corrected chi connectivity index (χ0v) is 17.4. The lowest BCUT2D eigenvalue weighted by Crippen LogP contribution is -2.50. The van der Waals surface area contributed by atoms with Crippen LogP contribution in [0.3, 0.4) is 0 Å². The summed E-state index contributed by atoms with van der Waals surface area (Å²) in [5, 5.41) is 2.88. The van der Waals surface area contributed by atoms with Crippen molar-refractivity contribution in [1.82, 2.24) is 10.2 Å². The number of hydrogen-bond donors (Lipinski definition) is 1. The highest BCUT2D eigenvalue weighted by Gasteiger charge is 2.56. The minimum Gasteiger partial charge on any atom is -0.315 e. The first-order chi connectivity index (χ1) is 15.0. The molecule has 6 heteroatoms. The zero-order chi connectivity index (χ0) is 22.0. The lowest BCUT2D eigenvalue weighted by Gasteiger charge is -2.30. The lowest BCUT2D eigenvalue weighted by molar-refractivity contribution is -0.136. The van der Waals surface area contributed by atoms with Crippen molar-refractivity contribution in [3.05, 3.63) is 102 Å². The summed E-state index contributed by atoms with van der Waals surface area (Å²) in [6.07, 6.45) is 0. The average molecular weight is 413 g/mol. The van der Waals surface area contributed by atoms with Crippen LogP contribution in [0.1, 0.15) is 18.1 Å². The van der Waals surface area contributed by atoms with Gasteiger partial charge >= 0.3 is 6.03 Å². The van der Waals surface area contributed by atoms with Crippen LogP contribution < -0.4 is 10.2 Å². The van der Waals surface area contributed by atoms with Crippen molar-refractivity contribution >= 4 is 23.5 Å². The van der Waals surface area contributed by atoms with Crippen LogP contribution in [0.15, 0.2) is 91.0 Å². The van der Waals surface area contributed by atoms with Crippen molar-refractivity contribution in [3.63, 3.8) is 0 Å². The topological polar surface area (TPSA) is 69.7 Å². The number of hydrogen-bond acceptors (Lipinski definition) is 3. The first-order valence-electron chi connectivity index (χ1n) is 10.1. The monoisotopic (exact) mass is 413 g/mol. The highest BCUT2D eigenvalue weighted by Crippen LogP contribution is 2.37. The van der Waals surface area contributed by atoms with E-state index in [4.69, 9.17) is 0 Å². The molecular formula is C25H23N3O3. The molecule has 1 atom stereocenters. The van der Waals surface area contributed by atoms with Crippen molar-refractivity contribution in [1.29, 1.82) is 0 Å². The van der Waals surface area contributed by atoms with Gasteiger partial charge in [0.2, 0.25) is 5.91 Å². The maximum absolute atomic E-state index is 13.8. The largest absolute Gasteiger partial charge is 0.326 e. The molecule has 3 aromatic rings. The standard InChI is InChI=1S/C25H23N3O3/c1-18(22(29)27(2)21-16-10-5-11-17-21)28-23(30)25(26-24(28)31,19-12-6-3-7-13-19)20-14-8-4-9-15-20/h3-18H,1-2H3,(H,26,31)/t18-/m0/s1. The number of para-hydroxylation sites is 1.